The third-order valence-corrected chi connectivity index (χ3v) is 9.68. The fourth-order valence-electron chi connectivity index (χ4n) is 4.81. The van der Waals surface area contributed by atoms with Crippen LogP contribution in [-0.2, 0) is 35.1 Å². The summed E-state index contributed by atoms with van der Waals surface area (Å²) in [7, 11) is 1.18. The second-order valence-corrected chi connectivity index (χ2v) is 14.4. The number of esters is 1. The molecule has 14 nitrogen and oxygen atoms in total. The van der Waals surface area contributed by atoms with E-state index in [0.717, 1.165) is 17.7 Å². The van der Waals surface area contributed by atoms with E-state index in [1.165, 1.54) is 34.9 Å². The molecule has 1 aromatic rings. The van der Waals surface area contributed by atoms with Crippen LogP contribution in [0.5, 0.6) is 0 Å². The van der Waals surface area contributed by atoms with Gasteiger partial charge in [0, 0.05) is 31.5 Å². The van der Waals surface area contributed by atoms with Gasteiger partial charge in [0.1, 0.15) is 17.7 Å². The molecular formula is C25H29Cl3N6O8S2. The number of fused-ring (bicyclic) bond motifs is 1. The van der Waals surface area contributed by atoms with Crippen LogP contribution in [0.15, 0.2) is 34.8 Å². The Balaban J connectivity index is 1.56. The topological polar surface area (TPSA) is 186 Å². The molecule has 0 radical (unpaired) electrons. The third-order valence-electron chi connectivity index (χ3n) is 6.97. The Hall–Kier alpha value is -2.50. The van der Waals surface area contributed by atoms with E-state index in [1.807, 2.05) is 6.92 Å². The number of tetrazole rings is 1. The normalized spacial score (nSPS) is 22.4. The van der Waals surface area contributed by atoms with Gasteiger partial charge in [0.15, 0.2) is 11.7 Å². The fraction of sp³-hybridized carbons (Fsp3) is 0.560. The van der Waals surface area contributed by atoms with Gasteiger partial charge in [0.2, 0.25) is 9.70 Å². The molecule has 0 spiro atoms. The fourth-order valence-corrected chi connectivity index (χ4v) is 7.42. The van der Waals surface area contributed by atoms with Crippen LogP contribution in [-0.4, -0.2) is 98.6 Å². The molecule has 1 fully saturated rings. The lowest BCUT2D eigenvalue weighted by Crippen LogP contribution is -2.81. The Morgan fingerprint density at radius 1 is 1.30 bits per heavy atom. The average molecular weight is 712 g/mol. The number of ether oxygens (including phenoxy) is 2. The summed E-state index contributed by atoms with van der Waals surface area (Å²) < 4.78 is 10.1. The number of hydrogen-bond donors (Lipinski definition) is 3. The molecule has 240 valence electrons. The molecule has 0 bridgehead atoms. The Bertz CT molecular complexity index is 1410. The molecule has 2 amide bonds. The minimum Gasteiger partial charge on any atom is -0.512 e. The van der Waals surface area contributed by atoms with Crippen molar-refractivity contribution in [3.05, 3.63) is 40.6 Å². The van der Waals surface area contributed by atoms with E-state index in [0.29, 0.717) is 17.8 Å². The zero-order chi connectivity index (χ0) is 32.2. The van der Waals surface area contributed by atoms with Gasteiger partial charge >= 0.3 is 11.9 Å². The summed E-state index contributed by atoms with van der Waals surface area (Å²) in [6.07, 6.45) is 5.91. The molecule has 3 unspecified atom stereocenters. The summed E-state index contributed by atoms with van der Waals surface area (Å²) in [6.45, 7) is 1.36. The molecule has 19 heteroatoms. The van der Waals surface area contributed by atoms with Crippen molar-refractivity contribution in [2.45, 2.75) is 53.9 Å². The Morgan fingerprint density at radius 3 is 2.66 bits per heavy atom. The molecule has 3 aliphatic rings. The number of methoxy groups -OCH3 is 1. The second-order valence-electron chi connectivity index (χ2n) is 9.88. The van der Waals surface area contributed by atoms with Gasteiger partial charge in [-0.1, -0.05) is 60.3 Å². The van der Waals surface area contributed by atoms with Crippen molar-refractivity contribution in [1.29, 1.82) is 0 Å². The summed E-state index contributed by atoms with van der Waals surface area (Å²) in [5, 5.41) is 33.8. The van der Waals surface area contributed by atoms with Crippen molar-refractivity contribution in [2.24, 2.45) is 5.92 Å². The molecule has 2 aliphatic heterocycles. The number of thioether (sulfide) groups is 1. The highest BCUT2D eigenvalue weighted by molar-refractivity contribution is 8.00. The van der Waals surface area contributed by atoms with Crippen LogP contribution in [0.2, 0.25) is 0 Å². The molecule has 4 rings (SSSR count). The first-order chi connectivity index (χ1) is 20.8. The zero-order valence-corrected chi connectivity index (χ0v) is 27.4. The largest absolute Gasteiger partial charge is 0.512 e. The van der Waals surface area contributed by atoms with Gasteiger partial charge in [-0.25, -0.2) is 4.79 Å². The molecule has 1 saturated heterocycles. The van der Waals surface area contributed by atoms with Gasteiger partial charge in [-0.3, -0.25) is 19.3 Å². The van der Waals surface area contributed by atoms with E-state index in [4.69, 9.17) is 44.3 Å². The molecule has 1 aromatic heterocycles. The minimum atomic E-state index is -2.02. The van der Waals surface area contributed by atoms with Crippen molar-refractivity contribution in [1.82, 2.24) is 29.8 Å². The van der Waals surface area contributed by atoms with Crippen LogP contribution in [0.3, 0.4) is 0 Å². The van der Waals surface area contributed by atoms with E-state index in [9.17, 15) is 29.4 Å². The number of carbonyl (C=O) groups is 4. The van der Waals surface area contributed by atoms with Crippen molar-refractivity contribution >= 4 is 82.3 Å². The third kappa shape index (κ3) is 7.15. The van der Waals surface area contributed by atoms with E-state index in [1.54, 1.807) is 12.2 Å². The van der Waals surface area contributed by atoms with Crippen LogP contribution in [0.1, 0.15) is 38.4 Å². The predicted molar refractivity (Wildman–Crippen MR) is 163 cm³/mol. The van der Waals surface area contributed by atoms with Crippen molar-refractivity contribution < 1.29 is 38.9 Å². The highest BCUT2D eigenvalue weighted by Gasteiger charge is 2.67. The maximum atomic E-state index is 13.7. The second kappa shape index (κ2) is 14.3. The number of carboxylic acid groups (broad SMARTS) is 1. The number of carboxylic acids is 1. The summed E-state index contributed by atoms with van der Waals surface area (Å²) >= 11 is 19.5. The Kier molecular flexibility index (Phi) is 11.2. The van der Waals surface area contributed by atoms with Gasteiger partial charge in [-0.05, 0) is 46.4 Å². The first-order valence-electron chi connectivity index (χ1n) is 13.3. The quantitative estimate of drug-likeness (QED) is 0.0678. The number of unbranched alkanes of at least 4 members (excludes halogenated alkanes) is 1. The average Bonchev–Trinajstić information content (AvgIpc) is 3.43. The van der Waals surface area contributed by atoms with Crippen LogP contribution >= 0.6 is 58.5 Å². The molecule has 44 heavy (non-hydrogen) atoms. The van der Waals surface area contributed by atoms with Gasteiger partial charge < -0.3 is 25.0 Å². The maximum absolute atomic E-state index is 13.7. The number of aliphatic carboxylic acids is 1. The van der Waals surface area contributed by atoms with E-state index >= 15 is 0 Å². The van der Waals surface area contributed by atoms with Gasteiger partial charge in [0.05, 0.1) is 5.76 Å². The van der Waals surface area contributed by atoms with Crippen molar-refractivity contribution in [3.63, 3.8) is 0 Å². The van der Waals surface area contributed by atoms with Crippen molar-refractivity contribution in [3.8, 4) is 0 Å². The van der Waals surface area contributed by atoms with Crippen LogP contribution in [0, 0.1) is 5.92 Å². The number of aromatic nitrogens is 4. The van der Waals surface area contributed by atoms with Gasteiger partial charge in [-0.15, -0.1) is 16.9 Å². The predicted octanol–water partition coefficient (Wildman–Crippen LogP) is 2.92. The van der Waals surface area contributed by atoms with E-state index < -0.39 is 51.2 Å². The van der Waals surface area contributed by atoms with Crippen LogP contribution in [0.4, 0.5) is 0 Å². The monoisotopic (exact) mass is 710 g/mol. The van der Waals surface area contributed by atoms with E-state index in [2.05, 4.69) is 20.8 Å². The standard InChI is InChI=1S/C25H29Cl3N6O8S2/c1-3-4-9-16-30-31-32-34(16)44-11-13-10-43-23-25(41-2,22(40)33(23)18(13)20(37)38)29-19(36)17(14-7-5-6-8-15(14)35)21(39)42-12-24(26,27)28/h5-6,17,23,35H,3-4,7-12H2,1-2H3,(H,29,36)(H,37,38). The summed E-state index contributed by atoms with van der Waals surface area (Å²) in [5.74, 6) is -5.26. The molecule has 1 aliphatic carbocycles. The molecular weight excluding hydrogens is 683 g/mol. The summed E-state index contributed by atoms with van der Waals surface area (Å²) in [5.41, 5.74) is -1.77. The highest BCUT2D eigenvalue weighted by Crippen LogP contribution is 2.47. The number of nitrogens with one attached hydrogen (secondary N) is 1. The SMILES string of the molecule is CCCCc1nnnn1SCC1=C(C(=O)O)N2C(=O)C(NC(=O)C(C(=O)OCC(Cl)(Cl)Cl)C3=C(O)CC=CC3)(OC)C2SC1. The number of carbonyl (C=O) groups excluding carboxylic acids is 3. The number of amides is 2. The maximum Gasteiger partial charge on any atom is 0.352 e. The van der Waals surface area contributed by atoms with Crippen LogP contribution < -0.4 is 5.32 Å². The number of rotatable bonds is 13. The van der Waals surface area contributed by atoms with E-state index in [-0.39, 0.29) is 41.4 Å². The number of allylic oxidation sites excluding steroid dienone is 2. The van der Waals surface area contributed by atoms with Crippen molar-refractivity contribution in [2.75, 3.05) is 25.2 Å². The first kappa shape index (κ1) is 34.4. The number of hydrogen-bond acceptors (Lipinski definition) is 12. The molecule has 3 atom stereocenters. The molecule has 0 aromatic carbocycles. The number of nitrogens with zero attached hydrogens (tertiary/aromatic N) is 5. The summed E-state index contributed by atoms with van der Waals surface area (Å²) in [4.78, 5) is 53.8. The Morgan fingerprint density at radius 2 is 2.02 bits per heavy atom. The number of aliphatic hydroxyl groups excluding tert-OH is 1. The summed E-state index contributed by atoms with van der Waals surface area (Å²) in [6, 6.07) is 0. The highest BCUT2D eigenvalue weighted by atomic mass is 35.6. The Labute approximate surface area is 275 Å². The molecule has 3 N–H and O–H groups in total. The number of aliphatic hydroxyl groups is 1. The minimum absolute atomic E-state index is 0.0387. The van der Waals surface area contributed by atoms with Crippen LogP contribution in [0.25, 0.3) is 0 Å². The zero-order valence-electron chi connectivity index (χ0n) is 23.5. The first-order valence-corrected chi connectivity index (χ1v) is 16.4. The van der Waals surface area contributed by atoms with Gasteiger partial charge in [0.25, 0.3) is 11.6 Å². The van der Waals surface area contributed by atoms with Gasteiger partial charge in [-0.2, -0.15) is 4.09 Å². The lowest BCUT2D eigenvalue weighted by Gasteiger charge is -2.56. The molecule has 0 saturated carbocycles. The number of halogens is 3. The number of aryl methyl sites for hydroxylation is 1. The lowest BCUT2D eigenvalue weighted by atomic mass is 9.89. The lowest BCUT2D eigenvalue weighted by molar-refractivity contribution is -0.193. The molecule has 3 heterocycles. The smallest absolute Gasteiger partial charge is 0.352 e. The number of alkyl halides is 3. The number of β-lactam (4-membered cyclic amide) rings is 1.